The lowest BCUT2D eigenvalue weighted by molar-refractivity contribution is -0.144. The van der Waals surface area contributed by atoms with Crippen LogP contribution in [0.5, 0.6) is 0 Å². The summed E-state index contributed by atoms with van der Waals surface area (Å²) in [5.74, 6) is -2.58. The number of nitrogens with one attached hydrogen (secondary N) is 3. The Labute approximate surface area is 162 Å². The van der Waals surface area contributed by atoms with E-state index in [0.29, 0.717) is 25.1 Å². The van der Waals surface area contributed by atoms with E-state index in [-0.39, 0.29) is 6.42 Å². The average Bonchev–Trinajstić information content (AvgIpc) is 3.32. The van der Waals surface area contributed by atoms with E-state index < -0.39 is 47.9 Å². The number of rotatable bonds is 8. The highest BCUT2D eigenvalue weighted by Crippen LogP contribution is 2.19. The maximum atomic E-state index is 12.7. The number of aromatic amines is 1. The quantitative estimate of drug-likeness (QED) is 0.352. The molecule has 154 valence electrons. The zero-order valence-corrected chi connectivity index (χ0v) is 15.8. The van der Waals surface area contributed by atoms with Crippen LogP contribution in [-0.2, 0) is 25.6 Å². The molecule has 1 aliphatic heterocycles. The van der Waals surface area contributed by atoms with Gasteiger partial charge in [0.25, 0.3) is 0 Å². The maximum Gasteiger partial charge on any atom is 0.325 e. The van der Waals surface area contributed by atoms with Crippen molar-refractivity contribution in [1.82, 2.24) is 25.5 Å². The Morgan fingerprint density at radius 2 is 2.04 bits per heavy atom. The first kappa shape index (κ1) is 21.4. The van der Waals surface area contributed by atoms with Crippen LogP contribution in [0.15, 0.2) is 12.5 Å². The number of carboxylic acids is 1. The predicted octanol–water partition coefficient (Wildman–Crippen LogP) is -1.64. The van der Waals surface area contributed by atoms with Crippen molar-refractivity contribution in [3.8, 4) is 0 Å². The molecule has 1 saturated heterocycles. The van der Waals surface area contributed by atoms with Crippen LogP contribution in [0.4, 0.5) is 0 Å². The summed E-state index contributed by atoms with van der Waals surface area (Å²) >= 11 is 0. The van der Waals surface area contributed by atoms with Crippen LogP contribution >= 0.6 is 0 Å². The lowest BCUT2D eigenvalue weighted by Gasteiger charge is -2.28. The molecule has 0 saturated carbocycles. The normalized spacial score (nSPS) is 19.5. The number of nitrogens with zero attached hydrogens (tertiary/aromatic N) is 2. The number of aliphatic carboxylic acids is 1. The second kappa shape index (κ2) is 9.31. The van der Waals surface area contributed by atoms with Crippen molar-refractivity contribution in [3.05, 3.63) is 18.2 Å². The van der Waals surface area contributed by atoms with E-state index in [4.69, 9.17) is 10.8 Å². The first-order valence-corrected chi connectivity index (χ1v) is 9.07. The van der Waals surface area contributed by atoms with E-state index >= 15 is 0 Å². The fourth-order valence-electron chi connectivity index (χ4n) is 3.03. The number of hydrogen-bond acceptors (Lipinski definition) is 6. The van der Waals surface area contributed by atoms with Crippen molar-refractivity contribution in [3.63, 3.8) is 0 Å². The molecule has 1 aromatic heterocycles. The Kier molecular flexibility index (Phi) is 7.10. The first-order chi connectivity index (χ1) is 13.2. The van der Waals surface area contributed by atoms with Gasteiger partial charge in [0.05, 0.1) is 12.4 Å². The van der Waals surface area contributed by atoms with Gasteiger partial charge in [-0.15, -0.1) is 0 Å². The van der Waals surface area contributed by atoms with Gasteiger partial charge >= 0.3 is 5.97 Å². The molecule has 11 heteroatoms. The Morgan fingerprint density at radius 3 is 2.64 bits per heavy atom. The molecule has 6 N–H and O–H groups in total. The number of aromatic nitrogens is 2. The summed E-state index contributed by atoms with van der Waals surface area (Å²) in [7, 11) is 0. The minimum absolute atomic E-state index is 0.245. The fraction of sp³-hybridized carbons (Fsp3) is 0.588. The van der Waals surface area contributed by atoms with Crippen LogP contribution in [0, 0.1) is 0 Å². The molecular formula is C17H26N6O5. The van der Waals surface area contributed by atoms with Crippen LogP contribution in [-0.4, -0.2) is 74.4 Å². The molecule has 2 heterocycles. The van der Waals surface area contributed by atoms with Crippen LogP contribution in [0.25, 0.3) is 0 Å². The van der Waals surface area contributed by atoms with E-state index in [9.17, 15) is 19.2 Å². The number of imidazole rings is 1. The summed E-state index contributed by atoms with van der Waals surface area (Å²) in [5.41, 5.74) is 6.56. The third kappa shape index (κ3) is 5.28. The van der Waals surface area contributed by atoms with Crippen LogP contribution in [0.3, 0.4) is 0 Å². The van der Waals surface area contributed by atoms with Crippen molar-refractivity contribution in [2.24, 2.45) is 5.73 Å². The van der Waals surface area contributed by atoms with E-state index in [1.54, 1.807) is 6.20 Å². The zero-order chi connectivity index (χ0) is 20.8. The first-order valence-electron chi connectivity index (χ1n) is 9.07. The van der Waals surface area contributed by atoms with E-state index in [2.05, 4.69) is 20.6 Å². The number of carbonyl (C=O) groups is 4. The van der Waals surface area contributed by atoms with Gasteiger partial charge in [-0.3, -0.25) is 19.2 Å². The smallest absolute Gasteiger partial charge is 0.325 e. The van der Waals surface area contributed by atoms with Crippen molar-refractivity contribution >= 4 is 23.7 Å². The van der Waals surface area contributed by atoms with Gasteiger partial charge in [0.1, 0.15) is 18.1 Å². The molecular weight excluding hydrogens is 368 g/mol. The minimum atomic E-state index is -1.16. The molecule has 28 heavy (non-hydrogen) atoms. The summed E-state index contributed by atoms with van der Waals surface area (Å²) in [4.78, 5) is 56.3. The molecule has 2 rings (SSSR count). The minimum Gasteiger partial charge on any atom is -0.480 e. The highest BCUT2D eigenvalue weighted by atomic mass is 16.4. The van der Waals surface area contributed by atoms with Gasteiger partial charge in [-0.1, -0.05) is 0 Å². The van der Waals surface area contributed by atoms with Gasteiger partial charge in [-0.05, 0) is 26.7 Å². The summed E-state index contributed by atoms with van der Waals surface area (Å²) in [6.45, 7) is 3.24. The Morgan fingerprint density at radius 1 is 1.32 bits per heavy atom. The lowest BCUT2D eigenvalue weighted by Crippen LogP contribution is -2.55. The second-order valence-corrected chi connectivity index (χ2v) is 6.88. The molecule has 1 aromatic rings. The molecule has 0 radical (unpaired) electrons. The van der Waals surface area contributed by atoms with Gasteiger partial charge in [0.15, 0.2) is 0 Å². The van der Waals surface area contributed by atoms with E-state index in [1.807, 2.05) is 0 Å². The van der Waals surface area contributed by atoms with Crippen molar-refractivity contribution < 1.29 is 24.3 Å². The van der Waals surface area contributed by atoms with Crippen molar-refractivity contribution in [2.75, 3.05) is 6.54 Å². The summed E-state index contributed by atoms with van der Waals surface area (Å²) < 4.78 is 0. The van der Waals surface area contributed by atoms with Gasteiger partial charge in [-0.25, -0.2) is 4.98 Å². The maximum absolute atomic E-state index is 12.7. The number of likely N-dealkylation sites (tertiary alicyclic amines) is 1. The predicted molar refractivity (Wildman–Crippen MR) is 97.8 cm³/mol. The standard InChI is InChI=1S/C17H26N6O5/c1-9(21-14(24)12(18)6-11-7-19-8-20-11)16(26)23-5-3-4-13(23)15(25)22-10(2)17(27)28/h7-10,12-13H,3-6,18H2,1-2H3,(H,19,20)(H,21,24)(H,22,25)(H,27,28). The second-order valence-electron chi connectivity index (χ2n) is 6.88. The summed E-state index contributed by atoms with van der Waals surface area (Å²) in [6, 6.07) is -3.54. The van der Waals surface area contributed by atoms with Crippen molar-refractivity contribution in [2.45, 2.75) is 57.3 Å². The fourth-order valence-corrected chi connectivity index (χ4v) is 3.03. The zero-order valence-electron chi connectivity index (χ0n) is 15.8. The molecule has 1 aliphatic rings. The van der Waals surface area contributed by atoms with Gasteiger partial charge in [-0.2, -0.15) is 0 Å². The van der Waals surface area contributed by atoms with Gasteiger partial charge in [0, 0.05) is 24.9 Å². The van der Waals surface area contributed by atoms with E-state index in [0.717, 1.165) is 0 Å². The molecule has 4 atom stereocenters. The number of hydrogen-bond donors (Lipinski definition) is 5. The highest BCUT2D eigenvalue weighted by molar-refractivity contribution is 5.94. The van der Waals surface area contributed by atoms with Crippen LogP contribution in [0.1, 0.15) is 32.4 Å². The molecule has 0 aliphatic carbocycles. The highest BCUT2D eigenvalue weighted by Gasteiger charge is 2.37. The molecule has 1 fully saturated rings. The molecule has 3 amide bonds. The summed E-state index contributed by atoms with van der Waals surface area (Å²) in [5, 5.41) is 13.9. The van der Waals surface area contributed by atoms with Crippen LogP contribution in [0.2, 0.25) is 0 Å². The number of H-pyrrole nitrogens is 1. The number of carboxylic acid groups (broad SMARTS) is 1. The number of nitrogens with two attached hydrogens (primary N) is 1. The average molecular weight is 394 g/mol. The third-order valence-electron chi connectivity index (χ3n) is 4.63. The summed E-state index contributed by atoms with van der Waals surface area (Å²) in [6.07, 6.45) is 4.34. The Hall–Kier alpha value is -2.95. The van der Waals surface area contributed by atoms with Gasteiger partial charge in [0.2, 0.25) is 17.7 Å². The molecule has 0 aromatic carbocycles. The number of carbonyl (C=O) groups excluding carboxylic acids is 3. The molecule has 11 nitrogen and oxygen atoms in total. The molecule has 4 unspecified atom stereocenters. The van der Waals surface area contributed by atoms with Crippen molar-refractivity contribution in [1.29, 1.82) is 0 Å². The Bertz CT molecular complexity index is 722. The van der Waals surface area contributed by atoms with Gasteiger partial charge < -0.3 is 31.4 Å². The van der Waals surface area contributed by atoms with E-state index in [1.165, 1.54) is 25.1 Å². The lowest BCUT2D eigenvalue weighted by atomic mass is 10.1. The molecule has 0 bridgehead atoms. The monoisotopic (exact) mass is 394 g/mol. The topological polar surface area (TPSA) is 171 Å². The SMILES string of the molecule is CC(NC(=O)C1CCCN1C(=O)C(C)NC(=O)C(N)Cc1cnc[nH]1)C(=O)O. The number of amides is 3. The molecule has 0 spiro atoms. The Balaban J connectivity index is 1.92. The largest absolute Gasteiger partial charge is 0.480 e. The van der Waals surface area contributed by atoms with Crippen LogP contribution < -0.4 is 16.4 Å². The third-order valence-corrected chi connectivity index (χ3v) is 4.63.